The Morgan fingerprint density at radius 3 is 2.83 bits per heavy atom. The van der Waals surface area contributed by atoms with E-state index in [2.05, 4.69) is 17.6 Å². The van der Waals surface area contributed by atoms with Gasteiger partial charge in [0.05, 0.1) is 24.2 Å². The van der Waals surface area contributed by atoms with Crippen LogP contribution in [-0.2, 0) is 6.54 Å². The van der Waals surface area contributed by atoms with Crippen molar-refractivity contribution in [3.8, 4) is 5.75 Å². The summed E-state index contributed by atoms with van der Waals surface area (Å²) in [6.45, 7) is 3.09. The van der Waals surface area contributed by atoms with Crippen LogP contribution in [0.15, 0.2) is 53.7 Å². The second-order valence-electron chi connectivity index (χ2n) is 5.64. The van der Waals surface area contributed by atoms with Crippen LogP contribution < -0.4 is 4.74 Å². The fraction of sp³-hybridized carbons (Fsp3) is 0.316. The third-order valence-corrected chi connectivity index (χ3v) is 4.97. The average molecular weight is 342 g/mol. The molecule has 0 saturated heterocycles. The van der Waals surface area contributed by atoms with Crippen molar-refractivity contribution in [1.29, 1.82) is 0 Å². The maximum Gasteiger partial charge on any atom is 0.169 e. The van der Waals surface area contributed by atoms with Crippen molar-refractivity contribution in [2.45, 2.75) is 31.1 Å². The monoisotopic (exact) mass is 342 g/mol. The summed E-state index contributed by atoms with van der Waals surface area (Å²) in [7, 11) is 1.63. The molecule has 5 heteroatoms. The Bertz CT molecular complexity index is 816. The molecule has 0 radical (unpaired) electrons. The molecule has 0 amide bonds. The number of aromatic nitrogens is 2. The molecule has 3 rings (SSSR count). The average Bonchev–Trinajstić information content (AvgIpc) is 2.98. The number of rotatable bonds is 7. The standard InChI is InChI=1S/C19H22N2O2S/c1-3-11-21-17-10-5-4-9-16(17)20-19(21)24-13-18(22)14-7-6-8-15(12-14)23-2/h4-10,12,18,22H,3,11,13H2,1-2H3/t18-/m0/s1. The third-order valence-electron chi connectivity index (χ3n) is 3.92. The number of methoxy groups -OCH3 is 1. The van der Waals surface area contributed by atoms with Crippen LogP contribution in [0, 0.1) is 0 Å². The number of para-hydroxylation sites is 2. The zero-order chi connectivity index (χ0) is 16.9. The second-order valence-corrected chi connectivity index (χ2v) is 6.63. The van der Waals surface area contributed by atoms with Gasteiger partial charge in [0.15, 0.2) is 5.16 Å². The number of benzene rings is 2. The molecule has 2 aromatic carbocycles. The molecule has 0 aliphatic heterocycles. The molecule has 126 valence electrons. The maximum absolute atomic E-state index is 10.5. The normalized spacial score (nSPS) is 12.5. The molecule has 1 atom stereocenters. The highest BCUT2D eigenvalue weighted by Gasteiger charge is 2.14. The summed E-state index contributed by atoms with van der Waals surface area (Å²) in [5.74, 6) is 1.31. The lowest BCUT2D eigenvalue weighted by molar-refractivity contribution is 0.203. The highest BCUT2D eigenvalue weighted by molar-refractivity contribution is 7.99. The van der Waals surface area contributed by atoms with Gasteiger partial charge in [-0.3, -0.25) is 0 Å². The SMILES string of the molecule is CCCn1c(SC[C@H](O)c2cccc(OC)c2)nc2ccccc21. The zero-order valence-corrected chi connectivity index (χ0v) is 14.8. The van der Waals surface area contributed by atoms with Gasteiger partial charge in [-0.1, -0.05) is 43.0 Å². The van der Waals surface area contributed by atoms with Gasteiger partial charge in [0.25, 0.3) is 0 Å². The Morgan fingerprint density at radius 2 is 2.04 bits per heavy atom. The Labute approximate surface area is 146 Å². The first kappa shape index (κ1) is 16.9. The Balaban J connectivity index is 1.78. The number of hydrogen-bond acceptors (Lipinski definition) is 4. The van der Waals surface area contributed by atoms with Crippen molar-refractivity contribution in [3.05, 3.63) is 54.1 Å². The van der Waals surface area contributed by atoms with E-state index >= 15 is 0 Å². The number of nitrogens with zero attached hydrogens (tertiary/aromatic N) is 2. The number of thioether (sulfide) groups is 1. The molecular weight excluding hydrogens is 320 g/mol. The molecular formula is C19H22N2O2S. The van der Waals surface area contributed by atoms with E-state index in [0.29, 0.717) is 5.75 Å². The fourth-order valence-electron chi connectivity index (χ4n) is 2.70. The number of imidazole rings is 1. The van der Waals surface area contributed by atoms with Crippen LogP contribution in [0.25, 0.3) is 11.0 Å². The molecule has 24 heavy (non-hydrogen) atoms. The molecule has 0 unspecified atom stereocenters. The van der Waals surface area contributed by atoms with E-state index in [0.717, 1.165) is 40.5 Å². The highest BCUT2D eigenvalue weighted by atomic mass is 32.2. The van der Waals surface area contributed by atoms with Crippen LogP contribution in [0.2, 0.25) is 0 Å². The van der Waals surface area contributed by atoms with Crippen LogP contribution in [0.1, 0.15) is 25.0 Å². The number of aryl methyl sites for hydroxylation is 1. The molecule has 0 bridgehead atoms. The van der Waals surface area contributed by atoms with E-state index in [9.17, 15) is 5.11 Å². The van der Waals surface area contributed by atoms with E-state index in [-0.39, 0.29) is 0 Å². The summed E-state index contributed by atoms with van der Waals surface area (Å²) in [6, 6.07) is 15.7. The summed E-state index contributed by atoms with van der Waals surface area (Å²) in [5, 5.41) is 11.4. The van der Waals surface area contributed by atoms with Crippen molar-refractivity contribution < 1.29 is 9.84 Å². The molecule has 0 aliphatic carbocycles. The molecule has 1 aromatic heterocycles. The van der Waals surface area contributed by atoms with Crippen molar-refractivity contribution in [2.24, 2.45) is 0 Å². The van der Waals surface area contributed by atoms with Gasteiger partial charge in [-0.15, -0.1) is 0 Å². The molecule has 4 nitrogen and oxygen atoms in total. The van der Waals surface area contributed by atoms with Gasteiger partial charge in [0, 0.05) is 12.3 Å². The second kappa shape index (κ2) is 7.73. The molecule has 0 fully saturated rings. The van der Waals surface area contributed by atoms with Crippen LogP contribution >= 0.6 is 11.8 Å². The Morgan fingerprint density at radius 1 is 1.21 bits per heavy atom. The first-order valence-electron chi connectivity index (χ1n) is 8.13. The topological polar surface area (TPSA) is 47.3 Å². The lowest BCUT2D eigenvalue weighted by atomic mass is 10.1. The van der Waals surface area contributed by atoms with E-state index in [1.165, 1.54) is 0 Å². The zero-order valence-electron chi connectivity index (χ0n) is 14.0. The Hall–Kier alpha value is -1.98. The largest absolute Gasteiger partial charge is 0.497 e. The first-order chi connectivity index (χ1) is 11.7. The maximum atomic E-state index is 10.5. The van der Waals surface area contributed by atoms with Crippen LogP contribution in [0.5, 0.6) is 5.75 Å². The number of ether oxygens (including phenoxy) is 1. The van der Waals surface area contributed by atoms with Gasteiger partial charge in [0.1, 0.15) is 5.75 Å². The molecule has 1 heterocycles. The van der Waals surface area contributed by atoms with E-state index in [4.69, 9.17) is 9.72 Å². The molecule has 0 saturated carbocycles. The van der Waals surface area contributed by atoms with Gasteiger partial charge in [-0.2, -0.15) is 0 Å². The minimum absolute atomic E-state index is 0.556. The molecule has 0 aliphatic rings. The van der Waals surface area contributed by atoms with E-state index in [1.807, 2.05) is 42.5 Å². The summed E-state index contributed by atoms with van der Waals surface area (Å²) in [4.78, 5) is 4.72. The number of fused-ring (bicyclic) bond motifs is 1. The summed E-state index contributed by atoms with van der Waals surface area (Å²) < 4.78 is 7.46. The van der Waals surface area contributed by atoms with E-state index in [1.54, 1.807) is 18.9 Å². The van der Waals surface area contributed by atoms with Gasteiger partial charge in [0.2, 0.25) is 0 Å². The lowest BCUT2D eigenvalue weighted by Crippen LogP contribution is -2.04. The van der Waals surface area contributed by atoms with Crippen LogP contribution in [-0.4, -0.2) is 27.5 Å². The Kier molecular flexibility index (Phi) is 5.43. The van der Waals surface area contributed by atoms with Crippen molar-refractivity contribution in [1.82, 2.24) is 9.55 Å². The lowest BCUT2D eigenvalue weighted by Gasteiger charge is -2.12. The van der Waals surface area contributed by atoms with Gasteiger partial charge < -0.3 is 14.4 Å². The third kappa shape index (κ3) is 3.57. The van der Waals surface area contributed by atoms with Gasteiger partial charge in [-0.25, -0.2) is 4.98 Å². The minimum atomic E-state index is -0.556. The number of hydrogen-bond donors (Lipinski definition) is 1. The van der Waals surface area contributed by atoms with Crippen molar-refractivity contribution in [2.75, 3.05) is 12.9 Å². The van der Waals surface area contributed by atoms with Gasteiger partial charge >= 0.3 is 0 Å². The van der Waals surface area contributed by atoms with Crippen molar-refractivity contribution in [3.63, 3.8) is 0 Å². The first-order valence-corrected chi connectivity index (χ1v) is 9.11. The predicted molar refractivity (Wildman–Crippen MR) is 98.7 cm³/mol. The smallest absolute Gasteiger partial charge is 0.169 e. The summed E-state index contributed by atoms with van der Waals surface area (Å²) in [6.07, 6.45) is 0.492. The van der Waals surface area contributed by atoms with Crippen molar-refractivity contribution >= 4 is 22.8 Å². The predicted octanol–water partition coefficient (Wildman–Crippen LogP) is 4.28. The summed E-state index contributed by atoms with van der Waals surface area (Å²) >= 11 is 1.59. The highest BCUT2D eigenvalue weighted by Crippen LogP contribution is 2.29. The molecule has 1 N–H and O–H groups in total. The van der Waals surface area contributed by atoms with E-state index < -0.39 is 6.10 Å². The van der Waals surface area contributed by atoms with Gasteiger partial charge in [-0.05, 0) is 36.2 Å². The quantitative estimate of drug-likeness (QED) is 0.651. The number of aliphatic hydroxyl groups excluding tert-OH is 1. The minimum Gasteiger partial charge on any atom is -0.497 e. The van der Waals surface area contributed by atoms with Crippen LogP contribution in [0.4, 0.5) is 0 Å². The molecule has 0 spiro atoms. The fourth-order valence-corrected chi connectivity index (χ4v) is 3.71. The number of aliphatic hydroxyl groups is 1. The van der Waals surface area contributed by atoms with Crippen LogP contribution in [0.3, 0.4) is 0 Å². The molecule has 3 aromatic rings. The summed E-state index contributed by atoms with van der Waals surface area (Å²) in [5.41, 5.74) is 3.02.